The van der Waals surface area contributed by atoms with Crippen LogP contribution in [0, 0.1) is 11.8 Å². The standard InChI is InChI=1S/C54H102N2O4/c1-6-10-14-18-20-30-40-51(38-28-16-12-8-3)53(57)59-48-36-26-24-32-43-55(47-42-50(5)56-45-34-22-23-35-46-56)44-33-25-27-37-49-60-54(58)52(39-29-17-13-9-4)41-31-21-19-15-11-7-2/h34-35,45-46,50-52H,6-33,36-44,47-49H2,1-5H3. The molecule has 0 aliphatic carbocycles. The quantitative estimate of drug-likeness (QED) is 0.0450. The summed E-state index contributed by atoms with van der Waals surface area (Å²) in [4.78, 5) is 31.3. The third kappa shape index (κ3) is 32.8. The smallest absolute Gasteiger partial charge is 0.308 e. The van der Waals surface area contributed by atoms with E-state index in [1.807, 2.05) is 0 Å². The lowest BCUT2D eigenvalue weighted by molar-refractivity contribution is -0.150. The summed E-state index contributed by atoms with van der Waals surface area (Å²) < 4.78 is 11.8. The highest BCUT2D eigenvalue weighted by Gasteiger charge is 2.21. The molecular weight excluding hydrogens is 741 g/mol. The van der Waals surface area contributed by atoms with Crippen molar-refractivity contribution in [2.45, 2.75) is 265 Å². The molecule has 0 aromatic heterocycles. The fraction of sp³-hybridized carbons (Fsp3) is 0.889. The van der Waals surface area contributed by atoms with Crippen molar-refractivity contribution in [1.29, 1.82) is 0 Å². The Bertz CT molecular complexity index is 942. The van der Waals surface area contributed by atoms with Crippen LogP contribution in [0.5, 0.6) is 0 Å². The van der Waals surface area contributed by atoms with E-state index in [0.29, 0.717) is 19.3 Å². The predicted molar refractivity (Wildman–Crippen MR) is 259 cm³/mol. The zero-order chi connectivity index (χ0) is 43.6. The maximum Gasteiger partial charge on any atom is 0.308 e. The van der Waals surface area contributed by atoms with Gasteiger partial charge in [-0.2, -0.15) is 0 Å². The minimum atomic E-state index is 0.0677. The molecule has 0 saturated heterocycles. The molecule has 1 heterocycles. The van der Waals surface area contributed by atoms with Crippen molar-refractivity contribution in [2.24, 2.45) is 11.8 Å². The number of allylic oxidation sites excluding steroid dienone is 2. The van der Waals surface area contributed by atoms with Crippen LogP contribution >= 0.6 is 0 Å². The van der Waals surface area contributed by atoms with E-state index in [1.165, 1.54) is 128 Å². The van der Waals surface area contributed by atoms with Crippen LogP contribution in [0.25, 0.3) is 0 Å². The first-order valence-electron chi connectivity index (χ1n) is 26.6. The molecule has 1 aliphatic heterocycles. The van der Waals surface area contributed by atoms with E-state index in [1.54, 1.807) is 0 Å². The highest BCUT2D eigenvalue weighted by Crippen LogP contribution is 2.23. The van der Waals surface area contributed by atoms with Crippen molar-refractivity contribution in [3.63, 3.8) is 0 Å². The summed E-state index contributed by atoms with van der Waals surface area (Å²) in [5.74, 6) is 0.323. The van der Waals surface area contributed by atoms with Gasteiger partial charge in [0.25, 0.3) is 0 Å². The molecule has 1 rings (SSSR count). The van der Waals surface area contributed by atoms with Crippen LogP contribution in [0.1, 0.15) is 259 Å². The zero-order valence-electron chi connectivity index (χ0n) is 40.9. The predicted octanol–water partition coefficient (Wildman–Crippen LogP) is 16.1. The zero-order valence-corrected chi connectivity index (χ0v) is 40.9. The summed E-state index contributed by atoms with van der Waals surface area (Å²) in [5.41, 5.74) is 0. The van der Waals surface area contributed by atoms with Gasteiger partial charge in [0.15, 0.2) is 0 Å². The van der Waals surface area contributed by atoms with Gasteiger partial charge in [-0.25, -0.2) is 0 Å². The van der Waals surface area contributed by atoms with Gasteiger partial charge in [0, 0.05) is 12.6 Å². The Morgan fingerprint density at radius 1 is 0.450 bits per heavy atom. The molecule has 0 radical (unpaired) electrons. The highest BCUT2D eigenvalue weighted by atomic mass is 16.5. The molecular formula is C54H102N2O4. The van der Waals surface area contributed by atoms with Gasteiger partial charge in [-0.15, -0.1) is 0 Å². The molecule has 0 spiro atoms. The normalized spacial score (nSPS) is 14.4. The molecule has 0 bridgehead atoms. The number of hydrogen-bond acceptors (Lipinski definition) is 6. The lowest BCUT2D eigenvalue weighted by Crippen LogP contribution is -2.32. The molecule has 60 heavy (non-hydrogen) atoms. The van der Waals surface area contributed by atoms with Gasteiger partial charge in [-0.3, -0.25) is 9.59 Å². The van der Waals surface area contributed by atoms with Crippen molar-refractivity contribution in [3.05, 3.63) is 24.6 Å². The molecule has 0 fully saturated rings. The summed E-state index contributed by atoms with van der Waals surface area (Å²) in [6.45, 7) is 15.9. The SMILES string of the molecule is CCCCCCCCC(CCCCCC)C(=O)OCCCCCCN(CCCCCCOC(=O)C(CCCCCC)CCCCCCCC)CCC(C)N1C=CCCC=C1. The molecule has 0 amide bonds. The van der Waals surface area contributed by atoms with E-state index in [2.05, 4.69) is 69.0 Å². The Kier molecular flexibility index (Phi) is 39.8. The summed E-state index contributed by atoms with van der Waals surface area (Å²) >= 11 is 0. The van der Waals surface area contributed by atoms with Gasteiger partial charge in [-0.1, -0.05) is 194 Å². The van der Waals surface area contributed by atoms with Crippen LogP contribution < -0.4 is 0 Å². The van der Waals surface area contributed by atoms with Gasteiger partial charge >= 0.3 is 11.9 Å². The van der Waals surface area contributed by atoms with Gasteiger partial charge in [0.05, 0.1) is 25.0 Å². The molecule has 0 N–H and O–H groups in total. The Balaban J connectivity index is 2.49. The van der Waals surface area contributed by atoms with E-state index in [4.69, 9.17) is 9.47 Å². The second kappa shape index (κ2) is 42.5. The third-order valence-corrected chi connectivity index (χ3v) is 12.9. The fourth-order valence-electron chi connectivity index (χ4n) is 8.68. The lowest BCUT2D eigenvalue weighted by Gasteiger charge is -2.28. The number of rotatable bonds is 44. The number of nitrogens with zero attached hydrogens (tertiary/aromatic N) is 2. The Labute approximate surface area is 374 Å². The van der Waals surface area contributed by atoms with Crippen LogP contribution in [-0.4, -0.2) is 60.6 Å². The monoisotopic (exact) mass is 843 g/mol. The molecule has 352 valence electrons. The molecule has 1 aliphatic rings. The summed E-state index contributed by atoms with van der Waals surface area (Å²) in [6, 6.07) is 0.482. The third-order valence-electron chi connectivity index (χ3n) is 12.9. The number of carbonyl (C=O) groups excluding carboxylic acids is 2. The first-order valence-corrected chi connectivity index (χ1v) is 26.6. The second-order valence-electron chi connectivity index (χ2n) is 18.6. The van der Waals surface area contributed by atoms with Crippen LogP contribution in [0.2, 0.25) is 0 Å². The number of esters is 2. The molecule has 0 saturated carbocycles. The van der Waals surface area contributed by atoms with Crippen molar-refractivity contribution in [1.82, 2.24) is 9.80 Å². The average Bonchev–Trinajstić information content (AvgIpc) is 3.55. The molecule has 6 nitrogen and oxygen atoms in total. The maximum atomic E-state index is 13.1. The summed E-state index contributed by atoms with van der Waals surface area (Å²) in [5, 5.41) is 0. The van der Waals surface area contributed by atoms with Crippen molar-refractivity contribution in [2.75, 3.05) is 32.8 Å². The average molecular weight is 843 g/mol. The Hall–Kier alpha value is -1.82. The van der Waals surface area contributed by atoms with Crippen LogP contribution in [0.4, 0.5) is 0 Å². The minimum absolute atomic E-state index is 0.0677. The van der Waals surface area contributed by atoms with Crippen LogP contribution in [0.15, 0.2) is 24.6 Å². The van der Waals surface area contributed by atoms with Crippen LogP contribution in [0.3, 0.4) is 0 Å². The lowest BCUT2D eigenvalue weighted by atomic mass is 9.94. The highest BCUT2D eigenvalue weighted by molar-refractivity contribution is 5.72. The van der Waals surface area contributed by atoms with Gasteiger partial charge in [0.1, 0.15) is 0 Å². The van der Waals surface area contributed by atoms with Crippen molar-refractivity contribution in [3.8, 4) is 0 Å². The van der Waals surface area contributed by atoms with E-state index < -0.39 is 0 Å². The number of unbranched alkanes of at least 4 members (excludes halogenated alkanes) is 22. The maximum absolute atomic E-state index is 13.1. The van der Waals surface area contributed by atoms with E-state index in [0.717, 1.165) is 116 Å². The Morgan fingerprint density at radius 3 is 1.18 bits per heavy atom. The number of hydrogen-bond donors (Lipinski definition) is 0. The van der Waals surface area contributed by atoms with Crippen LogP contribution in [-0.2, 0) is 19.1 Å². The minimum Gasteiger partial charge on any atom is -0.465 e. The largest absolute Gasteiger partial charge is 0.465 e. The summed E-state index contributed by atoms with van der Waals surface area (Å²) in [7, 11) is 0. The molecule has 6 heteroatoms. The first kappa shape index (κ1) is 56.2. The van der Waals surface area contributed by atoms with E-state index >= 15 is 0 Å². The second-order valence-corrected chi connectivity index (χ2v) is 18.6. The molecule has 0 aromatic rings. The molecule has 3 unspecified atom stereocenters. The van der Waals surface area contributed by atoms with Gasteiger partial charge in [0.2, 0.25) is 0 Å². The fourth-order valence-corrected chi connectivity index (χ4v) is 8.68. The number of carbonyl (C=O) groups is 2. The summed E-state index contributed by atoms with van der Waals surface area (Å²) in [6.07, 6.45) is 50.5. The van der Waals surface area contributed by atoms with Crippen molar-refractivity contribution >= 4 is 11.9 Å². The number of ether oxygens (including phenoxy) is 2. The first-order chi connectivity index (χ1) is 29.5. The molecule has 3 atom stereocenters. The van der Waals surface area contributed by atoms with Gasteiger partial charge < -0.3 is 19.3 Å². The molecule has 0 aromatic carbocycles. The van der Waals surface area contributed by atoms with Gasteiger partial charge in [-0.05, 0) is 103 Å². The van der Waals surface area contributed by atoms with E-state index in [-0.39, 0.29) is 23.8 Å². The van der Waals surface area contributed by atoms with Crippen molar-refractivity contribution < 1.29 is 19.1 Å². The topological polar surface area (TPSA) is 59.1 Å². The Morgan fingerprint density at radius 2 is 0.783 bits per heavy atom. The van der Waals surface area contributed by atoms with E-state index in [9.17, 15) is 9.59 Å².